The lowest BCUT2D eigenvalue weighted by Gasteiger charge is -2.07. The van der Waals surface area contributed by atoms with Crippen LogP contribution in [0.3, 0.4) is 0 Å². The van der Waals surface area contributed by atoms with Gasteiger partial charge in [0.2, 0.25) is 5.95 Å². The molecule has 1 aromatic heterocycles. The van der Waals surface area contributed by atoms with Crippen LogP contribution in [0, 0.1) is 10.1 Å². The minimum Gasteiger partial charge on any atom is -0.497 e. The first-order chi connectivity index (χ1) is 9.63. The number of aromatic nitrogens is 2. The molecule has 0 spiro atoms. The van der Waals surface area contributed by atoms with Gasteiger partial charge in [0.25, 0.3) is 0 Å². The minimum absolute atomic E-state index is 0.00787. The Morgan fingerprint density at radius 1 is 1.40 bits per heavy atom. The minimum atomic E-state index is -0.643. The number of nitrogen functional groups attached to an aromatic ring is 1. The zero-order valence-corrected chi connectivity index (χ0v) is 10.4. The van der Waals surface area contributed by atoms with Crippen LogP contribution in [-0.4, -0.2) is 22.0 Å². The number of methoxy groups -OCH3 is 1. The zero-order valence-electron chi connectivity index (χ0n) is 10.4. The Labute approximate surface area is 113 Å². The van der Waals surface area contributed by atoms with E-state index in [-0.39, 0.29) is 17.5 Å². The van der Waals surface area contributed by atoms with E-state index in [1.807, 2.05) is 0 Å². The summed E-state index contributed by atoms with van der Waals surface area (Å²) in [7, 11) is 1.50. The van der Waals surface area contributed by atoms with Crippen molar-refractivity contribution in [2.75, 3.05) is 12.5 Å². The van der Waals surface area contributed by atoms with Gasteiger partial charge in [-0.25, -0.2) is 10.8 Å². The summed E-state index contributed by atoms with van der Waals surface area (Å²) in [6.45, 7) is 0. The third-order valence-corrected chi connectivity index (χ3v) is 2.32. The number of hydrazine groups is 1. The van der Waals surface area contributed by atoms with Crippen molar-refractivity contribution in [1.82, 2.24) is 9.97 Å². The molecule has 0 aliphatic carbocycles. The summed E-state index contributed by atoms with van der Waals surface area (Å²) in [5.41, 5.74) is 1.82. The molecular formula is C11H11N5O4. The van der Waals surface area contributed by atoms with Crippen molar-refractivity contribution in [2.45, 2.75) is 0 Å². The van der Waals surface area contributed by atoms with Crippen molar-refractivity contribution in [3.8, 4) is 17.4 Å². The Bertz CT molecular complexity index is 634. The number of anilines is 1. The molecule has 0 fully saturated rings. The van der Waals surface area contributed by atoms with E-state index >= 15 is 0 Å². The van der Waals surface area contributed by atoms with E-state index in [0.29, 0.717) is 11.5 Å². The van der Waals surface area contributed by atoms with Crippen molar-refractivity contribution in [3.05, 3.63) is 40.6 Å². The normalized spacial score (nSPS) is 9.90. The molecule has 20 heavy (non-hydrogen) atoms. The molecular weight excluding hydrogens is 266 g/mol. The van der Waals surface area contributed by atoms with Gasteiger partial charge in [0.05, 0.1) is 12.0 Å². The van der Waals surface area contributed by atoms with Gasteiger partial charge in [-0.1, -0.05) is 6.07 Å². The lowest BCUT2D eigenvalue weighted by Crippen LogP contribution is -2.11. The molecule has 0 bridgehead atoms. The molecule has 0 atom stereocenters. The Hall–Kier alpha value is -2.94. The lowest BCUT2D eigenvalue weighted by atomic mass is 10.3. The molecule has 3 N–H and O–H groups in total. The van der Waals surface area contributed by atoms with E-state index in [9.17, 15) is 10.1 Å². The van der Waals surface area contributed by atoms with E-state index in [0.717, 1.165) is 6.20 Å². The molecule has 0 radical (unpaired) electrons. The number of ether oxygens (including phenoxy) is 2. The largest absolute Gasteiger partial charge is 0.497 e. The van der Waals surface area contributed by atoms with Crippen molar-refractivity contribution in [1.29, 1.82) is 0 Å². The fourth-order valence-corrected chi connectivity index (χ4v) is 1.41. The van der Waals surface area contributed by atoms with Crippen molar-refractivity contribution >= 4 is 11.6 Å². The van der Waals surface area contributed by atoms with Crippen molar-refractivity contribution in [3.63, 3.8) is 0 Å². The number of rotatable bonds is 5. The predicted molar refractivity (Wildman–Crippen MR) is 69.6 cm³/mol. The number of nitrogens with zero attached hydrogens (tertiary/aromatic N) is 3. The van der Waals surface area contributed by atoms with E-state index in [2.05, 4.69) is 15.4 Å². The maximum atomic E-state index is 10.9. The summed E-state index contributed by atoms with van der Waals surface area (Å²) in [5.74, 6) is 5.85. The highest BCUT2D eigenvalue weighted by atomic mass is 16.6. The quantitative estimate of drug-likeness (QED) is 0.478. The molecule has 9 nitrogen and oxygen atoms in total. The van der Waals surface area contributed by atoms with Crippen LogP contribution in [0.25, 0.3) is 0 Å². The van der Waals surface area contributed by atoms with Gasteiger partial charge >= 0.3 is 11.6 Å². The Morgan fingerprint density at radius 2 is 2.15 bits per heavy atom. The summed E-state index contributed by atoms with van der Waals surface area (Å²) in [5, 5.41) is 10.9. The summed E-state index contributed by atoms with van der Waals surface area (Å²) in [6.07, 6.45) is 1.01. The molecule has 104 valence electrons. The number of nitrogens with one attached hydrogen (secondary N) is 1. The lowest BCUT2D eigenvalue weighted by molar-refractivity contribution is -0.386. The van der Waals surface area contributed by atoms with Gasteiger partial charge in [-0.3, -0.25) is 15.5 Å². The van der Waals surface area contributed by atoms with Crippen LogP contribution in [0.2, 0.25) is 0 Å². The first-order valence-electron chi connectivity index (χ1n) is 5.44. The highest BCUT2D eigenvalue weighted by Crippen LogP contribution is 2.30. The number of hydrogen-bond acceptors (Lipinski definition) is 8. The molecule has 0 aliphatic rings. The number of nitro groups is 1. The van der Waals surface area contributed by atoms with Crippen LogP contribution in [0.4, 0.5) is 11.6 Å². The SMILES string of the molecule is COc1cccc(Oc2nc(NN)ncc2[N+](=O)[O-])c1. The summed E-state index contributed by atoms with van der Waals surface area (Å²) < 4.78 is 10.4. The van der Waals surface area contributed by atoms with Gasteiger partial charge < -0.3 is 9.47 Å². The second-order valence-electron chi connectivity index (χ2n) is 3.57. The average Bonchev–Trinajstić information content (AvgIpc) is 2.47. The summed E-state index contributed by atoms with van der Waals surface area (Å²) in [6, 6.07) is 6.59. The van der Waals surface area contributed by atoms with Gasteiger partial charge in [-0.15, -0.1) is 0 Å². The van der Waals surface area contributed by atoms with Gasteiger partial charge in [-0.2, -0.15) is 4.98 Å². The number of hydrogen-bond donors (Lipinski definition) is 2. The first-order valence-corrected chi connectivity index (χ1v) is 5.44. The molecule has 2 aromatic rings. The second-order valence-corrected chi connectivity index (χ2v) is 3.57. The van der Waals surface area contributed by atoms with Crippen LogP contribution >= 0.6 is 0 Å². The van der Waals surface area contributed by atoms with Crippen LogP contribution in [-0.2, 0) is 0 Å². The van der Waals surface area contributed by atoms with Crippen molar-refractivity contribution < 1.29 is 14.4 Å². The van der Waals surface area contributed by atoms with Gasteiger partial charge in [0.15, 0.2) is 0 Å². The monoisotopic (exact) mass is 277 g/mol. The molecule has 0 saturated heterocycles. The number of nitrogens with two attached hydrogens (primary N) is 1. The molecule has 9 heteroatoms. The smallest absolute Gasteiger partial charge is 0.349 e. The van der Waals surface area contributed by atoms with Gasteiger partial charge in [0.1, 0.15) is 17.7 Å². The molecule has 0 aliphatic heterocycles. The first kappa shape index (κ1) is 13.5. The average molecular weight is 277 g/mol. The standard InChI is InChI=1S/C11H11N5O4/c1-19-7-3-2-4-8(5-7)20-10-9(16(17)18)6-13-11(14-10)15-12/h2-6H,12H2,1H3,(H,13,14,15). The third kappa shape index (κ3) is 2.90. The molecule has 1 heterocycles. The number of benzene rings is 1. The fraction of sp³-hybridized carbons (Fsp3) is 0.0909. The van der Waals surface area contributed by atoms with E-state index < -0.39 is 4.92 Å². The summed E-state index contributed by atoms with van der Waals surface area (Å²) in [4.78, 5) is 17.7. The van der Waals surface area contributed by atoms with Crippen LogP contribution in [0.15, 0.2) is 30.5 Å². The second kappa shape index (κ2) is 5.80. The fourth-order valence-electron chi connectivity index (χ4n) is 1.41. The van der Waals surface area contributed by atoms with Gasteiger partial charge in [0, 0.05) is 6.07 Å². The Balaban J connectivity index is 2.37. The van der Waals surface area contributed by atoms with E-state index in [1.54, 1.807) is 24.3 Å². The maximum absolute atomic E-state index is 10.9. The van der Waals surface area contributed by atoms with Crippen LogP contribution < -0.4 is 20.7 Å². The molecule has 0 amide bonds. The molecule has 1 aromatic carbocycles. The van der Waals surface area contributed by atoms with E-state index in [1.165, 1.54) is 7.11 Å². The van der Waals surface area contributed by atoms with Gasteiger partial charge in [-0.05, 0) is 12.1 Å². The van der Waals surface area contributed by atoms with Crippen molar-refractivity contribution in [2.24, 2.45) is 5.84 Å². The highest BCUT2D eigenvalue weighted by Gasteiger charge is 2.19. The van der Waals surface area contributed by atoms with Crippen LogP contribution in [0.1, 0.15) is 0 Å². The molecule has 0 saturated carbocycles. The topological polar surface area (TPSA) is 125 Å². The summed E-state index contributed by atoms with van der Waals surface area (Å²) >= 11 is 0. The molecule has 0 unspecified atom stereocenters. The van der Waals surface area contributed by atoms with E-state index in [4.69, 9.17) is 15.3 Å². The molecule has 2 rings (SSSR count). The Morgan fingerprint density at radius 3 is 2.80 bits per heavy atom. The maximum Gasteiger partial charge on any atom is 0.349 e. The third-order valence-electron chi connectivity index (χ3n) is 2.32. The zero-order chi connectivity index (χ0) is 14.5. The Kier molecular flexibility index (Phi) is 3.91. The van der Waals surface area contributed by atoms with Crippen LogP contribution in [0.5, 0.6) is 17.4 Å². The highest BCUT2D eigenvalue weighted by molar-refractivity contribution is 5.46. The predicted octanol–water partition coefficient (Wildman–Crippen LogP) is 1.47.